The first-order chi connectivity index (χ1) is 9.20. The Morgan fingerprint density at radius 3 is 3.16 bits per heavy atom. The maximum absolute atomic E-state index is 11.3. The molecule has 19 heavy (non-hydrogen) atoms. The molecule has 2 rings (SSSR count). The van der Waals surface area contributed by atoms with Gasteiger partial charge in [-0.15, -0.1) is 5.10 Å². The van der Waals surface area contributed by atoms with Gasteiger partial charge in [0.2, 0.25) is 0 Å². The highest BCUT2D eigenvalue weighted by atomic mass is 16.5. The molecule has 0 fully saturated rings. The summed E-state index contributed by atoms with van der Waals surface area (Å²) in [6, 6.07) is 3.40. The molecule has 2 aromatic heterocycles. The average Bonchev–Trinajstić information content (AvgIpc) is 2.77. The predicted molar refractivity (Wildman–Crippen MR) is 68.0 cm³/mol. The molecule has 0 spiro atoms. The van der Waals surface area contributed by atoms with E-state index in [4.69, 9.17) is 4.74 Å². The van der Waals surface area contributed by atoms with Crippen LogP contribution < -0.4 is 11.0 Å². The Balaban J connectivity index is 1.86. The van der Waals surface area contributed by atoms with Crippen LogP contribution in [0.15, 0.2) is 16.9 Å². The first-order valence-electron chi connectivity index (χ1n) is 6.04. The van der Waals surface area contributed by atoms with Crippen LogP contribution in [0.4, 0.5) is 5.82 Å². The number of ether oxygens (including phenoxy) is 1. The molecule has 2 aromatic rings. The summed E-state index contributed by atoms with van der Waals surface area (Å²) in [7, 11) is 0. The molecule has 0 atom stereocenters. The molecule has 0 aromatic carbocycles. The highest BCUT2D eigenvalue weighted by Gasteiger charge is 2.03. The molecule has 0 unspecified atom stereocenters. The number of esters is 1. The smallest absolute Gasteiger partial charge is 0.364 e. The number of anilines is 1. The third-order valence-corrected chi connectivity index (χ3v) is 2.44. The lowest BCUT2D eigenvalue weighted by Gasteiger charge is -2.05. The van der Waals surface area contributed by atoms with Gasteiger partial charge in [0, 0.05) is 13.0 Å². The number of nitrogens with one attached hydrogen (secondary N) is 2. The number of hydrogen-bond acceptors (Lipinski definition) is 6. The fraction of sp³-hybridized carbons (Fsp3) is 0.455. The second kappa shape index (κ2) is 5.98. The second-order valence-electron chi connectivity index (χ2n) is 3.85. The summed E-state index contributed by atoms with van der Waals surface area (Å²) in [5.74, 6) is 0.346. The van der Waals surface area contributed by atoms with E-state index in [0.29, 0.717) is 37.5 Å². The number of rotatable bonds is 6. The van der Waals surface area contributed by atoms with Gasteiger partial charge >= 0.3 is 11.7 Å². The minimum Gasteiger partial charge on any atom is -0.466 e. The van der Waals surface area contributed by atoms with E-state index in [1.165, 1.54) is 4.52 Å². The summed E-state index contributed by atoms with van der Waals surface area (Å²) in [6.07, 6.45) is 0.994. The first kappa shape index (κ1) is 13.1. The summed E-state index contributed by atoms with van der Waals surface area (Å²) in [5.41, 5.74) is 0.0762. The minimum absolute atomic E-state index is 0.209. The number of aromatic nitrogens is 4. The highest BCUT2D eigenvalue weighted by Crippen LogP contribution is 2.03. The number of carbonyl (C=O) groups is 1. The quantitative estimate of drug-likeness (QED) is 0.570. The molecular formula is C11H15N5O3. The van der Waals surface area contributed by atoms with Crippen molar-refractivity contribution in [3.63, 3.8) is 0 Å². The van der Waals surface area contributed by atoms with Gasteiger partial charge in [-0.05, 0) is 25.5 Å². The van der Waals surface area contributed by atoms with E-state index >= 15 is 0 Å². The van der Waals surface area contributed by atoms with Crippen LogP contribution in [0.3, 0.4) is 0 Å². The van der Waals surface area contributed by atoms with Crippen LogP contribution in [0, 0.1) is 0 Å². The summed E-state index contributed by atoms with van der Waals surface area (Å²) in [5, 5.41) is 13.2. The Labute approximate surface area is 108 Å². The van der Waals surface area contributed by atoms with Crippen LogP contribution in [-0.2, 0) is 9.53 Å². The lowest BCUT2D eigenvalue weighted by molar-refractivity contribution is -0.143. The van der Waals surface area contributed by atoms with Crippen LogP contribution in [0.25, 0.3) is 5.65 Å². The van der Waals surface area contributed by atoms with Crippen molar-refractivity contribution in [2.24, 2.45) is 0 Å². The van der Waals surface area contributed by atoms with Gasteiger partial charge < -0.3 is 10.1 Å². The number of carbonyl (C=O) groups excluding carboxylic acids is 1. The van der Waals surface area contributed by atoms with Crippen molar-refractivity contribution >= 4 is 17.4 Å². The van der Waals surface area contributed by atoms with Crippen molar-refractivity contribution in [3.05, 3.63) is 22.6 Å². The molecule has 8 heteroatoms. The predicted octanol–water partition coefficient (Wildman–Crippen LogP) is 0.173. The number of fused-ring (bicyclic) bond motifs is 1. The Morgan fingerprint density at radius 2 is 2.37 bits per heavy atom. The van der Waals surface area contributed by atoms with Crippen LogP contribution in [0.1, 0.15) is 19.8 Å². The van der Waals surface area contributed by atoms with Gasteiger partial charge in [0.25, 0.3) is 0 Å². The lowest BCUT2D eigenvalue weighted by atomic mass is 10.3. The molecule has 2 heterocycles. The summed E-state index contributed by atoms with van der Waals surface area (Å²) in [4.78, 5) is 22.4. The molecule has 0 aliphatic rings. The van der Waals surface area contributed by atoms with Crippen molar-refractivity contribution in [1.82, 2.24) is 19.8 Å². The fourth-order valence-electron chi connectivity index (χ4n) is 1.58. The monoisotopic (exact) mass is 265 g/mol. The SMILES string of the molecule is CCOC(=O)CCCNc1ccc2n[nH]c(=O)n2n1. The molecule has 0 saturated carbocycles. The minimum atomic E-state index is -0.384. The van der Waals surface area contributed by atoms with Gasteiger partial charge in [0.15, 0.2) is 5.65 Å². The van der Waals surface area contributed by atoms with Gasteiger partial charge in [-0.1, -0.05) is 0 Å². The lowest BCUT2D eigenvalue weighted by Crippen LogP contribution is -2.14. The maximum Gasteiger partial charge on any atom is 0.364 e. The zero-order valence-electron chi connectivity index (χ0n) is 10.5. The van der Waals surface area contributed by atoms with Crippen LogP contribution >= 0.6 is 0 Å². The number of H-pyrrole nitrogens is 1. The molecular weight excluding hydrogens is 250 g/mol. The van der Waals surface area contributed by atoms with E-state index in [2.05, 4.69) is 20.6 Å². The first-order valence-corrected chi connectivity index (χ1v) is 6.04. The van der Waals surface area contributed by atoms with E-state index in [1.54, 1.807) is 19.1 Å². The maximum atomic E-state index is 11.3. The Kier molecular flexibility index (Phi) is 4.11. The zero-order valence-corrected chi connectivity index (χ0v) is 10.5. The molecule has 102 valence electrons. The Morgan fingerprint density at radius 1 is 1.53 bits per heavy atom. The molecule has 0 bridgehead atoms. The van der Waals surface area contributed by atoms with E-state index in [-0.39, 0.29) is 11.7 Å². The Hall–Kier alpha value is -2.38. The average molecular weight is 265 g/mol. The van der Waals surface area contributed by atoms with Crippen molar-refractivity contribution < 1.29 is 9.53 Å². The number of hydrogen-bond donors (Lipinski definition) is 2. The third kappa shape index (κ3) is 3.30. The van der Waals surface area contributed by atoms with Crippen molar-refractivity contribution in [2.75, 3.05) is 18.5 Å². The Bertz CT molecular complexity index is 618. The fourth-order valence-corrected chi connectivity index (χ4v) is 1.58. The van der Waals surface area contributed by atoms with Crippen molar-refractivity contribution in [3.8, 4) is 0 Å². The molecule has 0 saturated heterocycles. The van der Waals surface area contributed by atoms with Gasteiger partial charge in [0.05, 0.1) is 6.61 Å². The van der Waals surface area contributed by atoms with Crippen LogP contribution in [0.5, 0.6) is 0 Å². The normalized spacial score (nSPS) is 10.6. The van der Waals surface area contributed by atoms with Crippen LogP contribution in [-0.4, -0.2) is 38.9 Å². The standard InChI is InChI=1S/C11H15N5O3/c1-2-19-10(17)4-3-7-12-8-5-6-9-13-14-11(18)16(9)15-8/h5-6H,2-4,7H2,1H3,(H,12,15)(H,14,18). The summed E-state index contributed by atoms with van der Waals surface area (Å²) in [6.45, 7) is 2.75. The van der Waals surface area contributed by atoms with Crippen LogP contribution in [0.2, 0.25) is 0 Å². The van der Waals surface area contributed by atoms with E-state index in [0.717, 1.165) is 0 Å². The van der Waals surface area contributed by atoms with E-state index in [9.17, 15) is 9.59 Å². The van der Waals surface area contributed by atoms with Crippen molar-refractivity contribution in [2.45, 2.75) is 19.8 Å². The molecule has 0 amide bonds. The molecule has 0 radical (unpaired) electrons. The zero-order chi connectivity index (χ0) is 13.7. The van der Waals surface area contributed by atoms with Gasteiger partial charge in [-0.2, -0.15) is 9.61 Å². The largest absolute Gasteiger partial charge is 0.466 e. The molecule has 2 N–H and O–H groups in total. The second-order valence-corrected chi connectivity index (χ2v) is 3.85. The third-order valence-electron chi connectivity index (χ3n) is 2.44. The van der Waals surface area contributed by atoms with E-state index < -0.39 is 0 Å². The molecule has 0 aliphatic carbocycles. The van der Waals surface area contributed by atoms with Crippen molar-refractivity contribution in [1.29, 1.82) is 0 Å². The van der Waals surface area contributed by atoms with E-state index in [1.807, 2.05) is 0 Å². The summed E-state index contributed by atoms with van der Waals surface area (Å²) >= 11 is 0. The van der Waals surface area contributed by atoms with Gasteiger partial charge in [-0.3, -0.25) is 4.79 Å². The topological polar surface area (TPSA) is 101 Å². The number of aromatic amines is 1. The highest BCUT2D eigenvalue weighted by molar-refractivity contribution is 5.69. The van der Waals surface area contributed by atoms with Gasteiger partial charge in [0.1, 0.15) is 5.82 Å². The summed E-state index contributed by atoms with van der Waals surface area (Å²) < 4.78 is 5.99. The molecule has 8 nitrogen and oxygen atoms in total. The molecule has 0 aliphatic heterocycles. The van der Waals surface area contributed by atoms with Gasteiger partial charge in [-0.25, -0.2) is 9.89 Å². The number of nitrogens with zero attached hydrogens (tertiary/aromatic N) is 3.